The van der Waals surface area contributed by atoms with Crippen molar-refractivity contribution in [2.24, 2.45) is 5.73 Å². The number of aryl methyl sites for hydroxylation is 1. The van der Waals surface area contributed by atoms with E-state index in [1.54, 1.807) is 0 Å². The molecular formula is C15H16N2O3S. The number of carbonyl (C=O) groups excluding carboxylic acids is 1. The molecule has 0 fully saturated rings. The number of rotatable bonds is 5. The number of nitrogens with one attached hydrogen (secondary N) is 1. The van der Waals surface area contributed by atoms with Gasteiger partial charge in [-0.2, -0.15) is 0 Å². The summed E-state index contributed by atoms with van der Waals surface area (Å²) in [4.78, 5) is 11.1. The summed E-state index contributed by atoms with van der Waals surface area (Å²) in [6.45, 7) is 2.18. The van der Waals surface area contributed by atoms with Crippen LogP contribution < -0.4 is 10.5 Å². The monoisotopic (exact) mass is 304 g/mol. The molecule has 0 saturated carbocycles. The highest BCUT2D eigenvalue weighted by atomic mass is 32.2. The van der Waals surface area contributed by atoms with E-state index in [2.05, 4.69) is 4.72 Å². The number of benzene rings is 2. The largest absolute Gasteiger partial charge is 0.366 e. The van der Waals surface area contributed by atoms with Gasteiger partial charge in [0, 0.05) is 12.1 Å². The molecule has 0 spiro atoms. The Hall–Kier alpha value is -2.18. The quantitative estimate of drug-likeness (QED) is 0.878. The van der Waals surface area contributed by atoms with Gasteiger partial charge in [0.25, 0.3) is 0 Å². The lowest BCUT2D eigenvalue weighted by atomic mass is 10.2. The Labute approximate surface area is 123 Å². The van der Waals surface area contributed by atoms with Crippen molar-refractivity contribution in [1.29, 1.82) is 0 Å². The van der Waals surface area contributed by atoms with Crippen LogP contribution in [-0.2, 0) is 16.6 Å². The number of nitrogens with two attached hydrogens (primary N) is 1. The van der Waals surface area contributed by atoms with Gasteiger partial charge in [-0.15, -0.1) is 0 Å². The number of hydrogen-bond donors (Lipinski definition) is 2. The van der Waals surface area contributed by atoms with Gasteiger partial charge in [-0.3, -0.25) is 4.79 Å². The number of primary amides is 1. The molecule has 0 atom stereocenters. The lowest BCUT2D eigenvalue weighted by Gasteiger charge is -2.07. The molecule has 0 heterocycles. The van der Waals surface area contributed by atoms with Gasteiger partial charge in [0.05, 0.1) is 4.90 Å². The van der Waals surface area contributed by atoms with Crippen LogP contribution in [-0.4, -0.2) is 14.3 Å². The topological polar surface area (TPSA) is 89.3 Å². The fraction of sp³-hybridized carbons (Fsp3) is 0.133. The van der Waals surface area contributed by atoms with Crippen LogP contribution in [0.4, 0.5) is 0 Å². The van der Waals surface area contributed by atoms with Crippen molar-refractivity contribution in [2.75, 3.05) is 0 Å². The molecule has 2 aromatic carbocycles. The van der Waals surface area contributed by atoms with Gasteiger partial charge in [0.2, 0.25) is 15.9 Å². The molecule has 0 aromatic heterocycles. The van der Waals surface area contributed by atoms with Gasteiger partial charge in [-0.25, -0.2) is 13.1 Å². The molecule has 0 bridgehead atoms. The molecule has 0 aliphatic heterocycles. The SMILES string of the molecule is Cc1ccc(CNS(=O)(=O)c2ccc(C(N)=O)cc2)cc1. The van der Waals surface area contributed by atoms with Gasteiger partial charge >= 0.3 is 0 Å². The summed E-state index contributed by atoms with van der Waals surface area (Å²) in [5.41, 5.74) is 7.37. The van der Waals surface area contributed by atoms with E-state index in [1.165, 1.54) is 24.3 Å². The van der Waals surface area contributed by atoms with E-state index in [4.69, 9.17) is 5.73 Å². The van der Waals surface area contributed by atoms with Crippen molar-refractivity contribution in [3.8, 4) is 0 Å². The Bertz CT molecular complexity index is 735. The van der Waals surface area contributed by atoms with Crippen LogP contribution in [0, 0.1) is 6.92 Å². The first-order chi connectivity index (χ1) is 9.88. The van der Waals surface area contributed by atoms with E-state index in [9.17, 15) is 13.2 Å². The fourth-order valence-electron chi connectivity index (χ4n) is 1.77. The second-order valence-corrected chi connectivity index (χ2v) is 6.47. The predicted octanol–water partition coefficient (Wildman–Crippen LogP) is 1.57. The van der Waals surface area contributed by atoms with Crippen molar-refractivity contribution in [3.05, 3.63) is 65.2 Å². The molecule has 3 N–H and O–H groups in total. The fourth-order valence-corrected chi connectivity index (χ4v) is 2.78. The van der Waals surface area contributed by atoms with Crippen molar-refractivity contribution >= 4 is 15.9 Å². The first-order valence-corrected chi connectivity index (χ1v) is 7.82. The first-order valence-electron chi connectivity index (χ1n) is 6.33. The van der Waals surface area contributed by atoms with Crippen LogP contribution in [0.5, 0.6) is 0 Å². The Morgan fingerprint density at radius 3 is 2.14 bits per heavy atom. The van der Waals surface area contributed by atoms with Crippen LogP contribution in [0.2, 0.25) is 0 Å². The molecule has 2 rings (SSSR count). The number of amides is 1. The minimum atomic E-state index is -3.61. The molecule has 6 heteroatoms. The molecule has 0 aliphatic rings. The minimum absolute atomic E-state index is 0.0969. The third kappa shape index (κ3) is 3.90. The number of sulfonamides is 1. The van der Waals surface area contributed by atoms with E-state index < -0.39 is 15.9 Å². The van der Waals surface area contributed by atoms with Crippen LogP contribution in [0.25, 0.3) is 0 Å². The number of carbonyl (C=O) groups is 1. The summed E-state index contributed by atoms with van der Waals surface area (Å²) in [5.74, 6) is -0.591. The average molecular weight is 304 g/mol. The highest BCUT2D eigenvalue weighted by Gasteiger charge is 2.14. The van der Waals surface area contributed by atoms with Crippen LogP contribution >= 0.6 is 0 Å². The Morgan fingerprint density at radius 1 is 1.05 bits per heavy atom. The molecule has 0 radical (unpaired) electrons. The molecule has 0 aliphatic carbocycles. The molecule has 21 heavy (non-hydrogen) atoms. The normalized spacial score (nSPS) is 11.3. The van der Waals surface area contributed by atoms with E-state index in [1.807, 2.05) is 31.2 Å². The Kier molecular flexibility index (Phi) is 4.40. The lowest BCUT2D eigenvalue weighted by Crippen LogP contribution is -2.23. The molecule has 0 saturated heterocycles. The van der Waals surface area contributed by atoms with E-state index in [0.717, 1.165) is 11.1 Å². The van der Waals surface area contributed by atoms with Gasteiger partial charge in [-0.05, 0) is 36.8 Å². The second-order valence-electron chi connectivity index (χ2n) is 4.70. The Morgan fingerprint density at radius 2 is 1.62 bits per heavy atom. The zero-order valence-electron chi connectivity index (χ0n) is 11.5. The van der Waals surface area contributed by atoms with Crippen molar-refractivity contribution in [3.63, 3.8) is 0 Å². The third-order valence-electron chi connectivity index (χ3n) is 3.04. The summed E-state index contributed by atoms with van der Waals surface area (Å²) in [6, 6.07) is 13.1. The first kappa shape index (κ1) is 15.2. The highest BCUT2D eigenvalue weighted by molar-refractivity contribution is 7.89. The molecule has 1 amide bonds. The zero-order chi connectivity index (χ0) is 15.5. The van der Waals surface area contributed by atoms with Crippen molar-refractivity contribution in [2.45, 2.75) is 18.4 Å². The highest BCUT2D eigenvalue weighted by Crippen LogP contribution is 2.11. The van der Waals surface area contributed by atoms with Gasteiger partial charge < -0.3 is 5.73 Å². The maximum absolute atomic E-state index is 12.1. The van der Waals surface area contributed by atoms with Gasteiger partial charge in [0.15, 0.2) is 0 Å². The van der Waals surface area contributed by atoms with Crippen LogP contribution in [0.15, 0.2) is 53.4 Å². The smallest absolute Gasteiger partial charge is 0.248 e. The number of hydrogen-bond acceptors (Lipinski definition) is 3. The van der Waals surface area contributed by atoms with E-state index >= 15 is 0 Å². The summed E-state index contributed by atoms with van der Waals surface area (Å²) in [6.07, 6.45) is 0. The van der Waals surface area contributed by atoms with E-state index in [-0.39, 0.29) is 17.0 Å². The molecular weight excluding hydrogens is 288 g/mol. The summed E-state index contributed by atoms with van der Waals surface area (Å²) in [7, 11) is -3.61. The van der Waals surface area contributed by atoms with E-state index in [0.29, 0.717) is 0 Å². The summed E-state index contributed by atoms with van der Waals surface area (Å²) < 4.78 is 26.8. The predicted molar refractivity (Wildman–Crippen MR) is 80.2 cm³/mol. The third-order valence-corrected chi connectivity index (χ3v) is 4.45. The average Bonchev–Trinajstić information content (AvgIpc) is 2.47. The maximum Gasteiger partial charge on any atom is 0.248 e. The second kappa shape index (κ2) is 6.07. The lowest BCUT2D eigenvalue weighted by molar-refractivity contribution is 0.1000. The zero-order valence-corrected chi connectivity index (χ0v) is 12.4. The maximum atomic E-state index is 12.1. The molecule has 0 unspecified atom stereocenters. The van der Waals surface area contributed by atoms with Crippen LogP contribution in [0.3, 0.4) is 0 Å². The van der Waals surface area contributed by atoms with Crippen molar-refractivity contribution in [1.82, 2.24) is 4.72 Å². The summed E-state index contributed by atoms with van der Waals surface area (Å²) in [5, 5.41) is 0. The minimum Gasteiger partial charge on any atom is -0.366 e. The molecule has 5 nitrogen and oxygen atoms in total. The van der Waals surface area contributed by atoms with Crippen LogP contribution in [0.1, 0.15) is 21.5 Å². The molecule has 110 valence electrons. The standard InChI is InChI=1S/C15H16N2O3S/c1-11-2-4-12(5-3-11)10-17-21(19,20)14-8-6-13(7-9-14)15(16)18/h2-9,17H,10H2,1H3,(H2,16,18). The molecule has 2 aromatic rings. The van der Waals surface area contributed by atoms with Crippen molar-refractivity contribution < 1.29 is 13.2 Å². The Balaban J connectivity index is 2.11. The van der Waals surface area contributed by atoms with Gasteiger partial charge in [0.1, 0.15) is 0 Å². The van der Waals surface area contributed by atoms with Gasteiger partial charge in [-0.1, -0.05) is 29.8 Å². The summed E-state index contributed by atoms with van der Waals surface area (Å²) >= 11 is 0.